The van der Waals surface area contributed by atoms with Crippen molar-refractivity contribution in [2.45, 2.75) is 37.5 Å². The van der Waals surface area contributed by atoms with Gasteiger partial charge in [0.05, 0.1) is 6.04 Å². The van der Waals surface area contributed by atoms with Gasteiger partial charge in [-0.05, 0) is 36.4 Å². The second-order valence-corrected chi connectivity index (χ2v) is 8.15. The largest absolute Gasteiger partial charge is 0.433 e. The summed E-state index contributed by atoms with van der Waals surface area (Å²) in [6.45, 7) is 5.39. The number of rotatable bonds is 3. The van der Waals surface area contributed by atoms with Gasteiger partial charge in [-0.2, -0.15) is 13.2 Å². The maximum Gasteiger partial charge on any atom is 0.433 e. The number of hydrogen-bond donors (Lipinski definition) is 0. The summed E-state index contributed by atoms with van der Waals surface area (Å²) in [5.74, 6) is 0.316. The molecule has 4 rings (SSSR count). The van der Waals surface area contributed by atoms with Crippen LogP contribution in [0.3, 0.4) is 0 Å². The molecule has 0 spiro atoms. The minimum absolute atomic E-state index is 0.0950. The van der Waals surface area contributed by atoms with Gasteiger partial charge >= 0.3 is 6.18 Å². The second kappa shape index (κ2) is 6.99. The third kappa shape index (κ3) is 3.23. The van der Waals surface area contributed by atoms with Gasteiger partial charge in [-0.15, -0.1) is 11.8 Å². The normalized spacial score (nSPS) is 17.4. The lowest BCUT2D eigenvalue weighted by molar-refractivity contribution is -0.141. The number of fused-ring (bicyclic) bond motifs is 3. The van der Waals surface area contributed by atoms with Crippen molar-refractivity contribution in [2.75, 3.05) is 17.7 Å². The van der Waals surface area contributed by atoms with E-state index < -0.39 is 11.9 Å². The van der Waals surface area contributed by atoms with Gasteiger partial charge in [-0.25, -0.2) is 9.97 Å². The van der Waals surface area contributed by atoms with Crippen LogP contribution in [0.15, 0.2) is 41.4 Å². The highest BCUT2D eigenvalue weighted by molar-refractivity contribution is 7.98. The number of benzene rings is 1. The molecule has 1 aliphatic heterocycles. The molecule has 148 valence electrons. The number of alkyl halides is 3. The molecule has 1 aromatic carbocycles. The molecule has 1 aliphatic rings. The molecule has 0 N–H and O–H groups in total. The maximum atomic E-state index is 13.1. The highest BCUT2D eigenvalue weighted by atomic mass is 32.2. The topological polar surface area (TPSA) is 34.0 Å². The Labute approximate surface area is 165 Å². The Morgan fingerprint density at radius 2 is 1.93 bits per heavy atom. The van der Waals surface area contributed by atoms with Gasteiger partial charge in [0.15, 0.2) is 0 Å². The maximum absolute atomic E-state index is 13.1. The second-order valence-electron chi connectivity index (χ2n) is 7.27. The Balaban J connectivity index is 1.81. The third-order valence-electron chi connectivity index (χ3n) is 5.17. The van der Waals surface area contributed by atoms with E-state index in [1.54, 1.807) is 11.8 Å². The SMILES string of the molecule is CSc1ccc2cc3n(c2c1)CCN(c1nccc(C(F)(F)F)n1)[C@@H]3C(C)C. The molecule has 3 heterocycles. The highest BCUT2D eigenvalue weighted by Crippen LogP contribution is 2.39. The molecule has 3 aromatic rings. The molecule has 1 atom stereocenters. The lowest BCUT2D eigenvalue weighted by Crippen LogP contribution is -2.41. The first-order chi connectivity index (χ1) is 13.3. The van der Waals surface area contributed by atoms with Crippen LogP contribution in [0.5, 0.6) is 0 Å². The van der Waals surface area contributed by atoms with Crippen molar-refractivity contribution in [3.63, 3.8) is 0 Å². The summed E-state index contributed by atoms with van der Waals surface area (Å²) in [6, 6.07) is 9.34. The van der Waals surface area contributed by atoms with E-state index in [2.05, 4.69) is 52.6 Å². The summed E-state index contributed by atoms with van der Waals surface area (Å²) in [5, 5.41) is 1.14. The fraction of sp³-hybridized carbons (Fsp3) is 0.400. The van der Waals surface area contributed by atoms with Gasteiger partial charge in [0, 0.05) is 40.8 Å². The lowest BCUT2D eigenvalue weighted by Gasteiger charge is -2.39. The van der Waals surface area contributed by atoms with E-state index in [1.807, 2.05) is 11.2 Å². The Kier molecular flexibility index (Phi) is 4.77. The van der Waals surface area contributed by atoms with Crippen LogP contribution in [0.4, 0.5) is 19.1 Å². The zero-order chi connectivity index (χ0) is 20.1. The number of anilines is 1. The smallest absolute Gasteiger partial charge is 0.341 e. The standard InChI is InChI=1S/C20H21F3N4S/c1-12(2)18-16-10-13-4-5-14(28-3)11-15(13)26(16)8-9-27(18)19-24-7-6-17(25-19)20(21,22)23/h4-7,10-12,18H,8-9H2,1-3H3/t18-/m1/s1. The molecule has 2 aromatic heterocycles. The number of aromatic nitrogens is 3. The number of hydrogen-bond acceptors (Lipinski definition) is 4. The van der Waals surface area contributed by atoms with Crippen LogP contribution in [0.1, 0.15) is 31.3 Å². The van der Waals surface area contributed by atoms with E-state index in [1.165, 1.54) is 11.1 Å². The first-order valence-corrected chi connectivity index (χ1v) is 10.4. The Morgan fingerprint density at radius 1 is 1.14 bits per heavy atom. The van der Waals surface area contributed by atoms with E-state index in [-0.39, 0.29) is 17.9 Å². The van der Waals surface area contributed by atoms with Crippen molar-refractivity contribution >= 4 is 28.6 Å². The lowest BCUT2D eigenvalue weighted by atomic mass is 9.97. The summed E-state index contributed by atoms with van der Waals surface area (Å²) in [5.41, 5.74) is 1.35. The van der Waals surface area contributed by atoms with Crippen molar-refractivity contribution < 1.29 is 13.2 Å². The predicted octanol–water partition coefficient (Wildman–Crippen LogP) is 5.39. The van der Waals surface area contributed by atoms with E-state index >= 15 is 0 Å². The first kappa shape index (κ1) is 19.1. The molecule has 0 saturated heterocycles. The van der Waals surface area contributed by atoms with E-state index in [9.17, 15) is 13.2 Å². The minimum Gasteiger partial charge on any atom is -0.341 e. The fourth-order valence-electron chi connectivity index (χ4n) is 3.95. The van der Waals surface area contributed by atoms with E-state index in [0.29, 0.717) is 13.1 Å². The van der Waals surface area contributed by atoms with Crippen LogP contribution in [0, 0.1) is 5.92 Å². The monoisotopic (exact) mass is 406 g/mol. The van der Waals surface area contributed by atoms with Crippen molar-refractivity contribution in [3.05, 3.63) is 47.9 Å². The number of nitrogens with zero attached hydrogens (tertiary/aromatic N) is 4. The zero-order valence-electron chi connectivity index (χ0n) is 15.9. The van der Waals surface area contributed by atoms with Crippen LogP contribution in [0.2, 0.25) is 0 Å². The molecule has 0 radical (unpaired) electrons. The average Bonchev–Trinajstić information content (AvgIpc) is 3.04. The highest BCUT2D eigenvalue weighted by Gasteiger charge is 2.36. The summed E-state index contributed by atoms with van der Waals surface area (Å²) in [7, 11) is 0. The summed E-state index contributed by atoms with van der Waals surface area (Å²) in [6.07, 6.45) is -1.24. The molecular formula is C20H21F3N4S. The number of halogens is 3. The van der Waals surface area contributed by atoms with Crippen LogP contribution in [0.25, 0.3) is 10.9 Å². The van der Waals surface area contributed by atoms with E-state index in [4.69, 9.17) is 0 Å². The Hall–Kier alpha value is -2.22. The van der Waals surface area contributed by atoms with Gasteiger partial charge in [0.1, 0.15) is 5.69 Å². The Morgan fingerprint density at radius 3 is 2.61 bits per heavy atom. The van der Waals surface area contributed by atoms with Gasteiger partial charge < -0.3 is 9.47 Å². The van der Waals surface area contributed by atoms with Crippen molar-refractivity contribution in [3.8, 4) is 0 Å². The Bertz CT molecular complexity index is 1010. The van der Waals surface area contributed by atoms with Crippen molar-refractivity contribution in [1.82, 2.24) is 14.5 Å². The molecule has 0 aliphatic carbocycles. The minimum atomic E-state index is -4.48. The molecule has 0 amide bonds. The van der Waals surface area contributed by atoms with Crippen LogP contribution < -0.4 is 4.90 Å². The molecule has 0 fully saturated rings. The average molecular weight is 406 g/mol. The molecular weight excluding hydrogens is 385 g/mol. The van der Waals surface area contributed by atoms with Gasteiger partial charge in [0.25, 0.3) is 0 Å². The van der Waals surface area contributed by atoms with Gasteiger partial charge in [-0.1, -0.05) is 19.9 Å². The van der Waals surface area contributed by atoms with Gasteiger partial charge in [-0.3, -0.25) is 0 Å². The van der Waals surface area contributed by atoms with Crippen LogP contribution in [-0.4, -0.2) is 27.3 Å². The molecule has 0 bridgehead atoms. The van der Waals surface area contributed by atoms with Crippen molar-refractivity contribution in [1.29, 1.82) is 0 Å². The first-order valence-electron chi connectivity index (χ1n) is 9.13. The molecule has 8 heteroatoms. The summed E-state index contributed by atoms with van der Waals surface area (Å²) in [4.78, 5) is 11.1. The predicted molar refractivity (Wildman–Crippen MR) is 106 cm³/mol. The molecule has 0 saturated carbocycles. The van der Waals surface area contributed by atoms with E-state index in [0.717, 1.165) is 22.7 Å². The number of thioether (sulfide) groups is 1. The van der Waals surface area contributed by atoms with Crippen LogP contribution >= 0.6 is 11.8 Å². The quantitative estimate of drug-likeness (QED) is 0.546. The fourth-order valence-corrected chi connectivity index (χ4v) is 4.39. The van der Waals surface area contributed by atoms with Crippen molar-refractivity contribution in [2.24, 2.45) is 5.92 Å². The summed E-state index contributed by atoms with van der Waals surface area (Å²) >= 11 is 1.70. The third-order valence-corrected chi connectivity index (χ3v) is 5.89. The zero-order valence-corrected chi connectivity index (χ0v) is 16.7. The molecule has 28 heavy (non-hydrogen) atoms. The summed E-state index contributed by atoms with van der Waals surface area (Å²) < 4.78 is 41.7. The van der Waals surface area contributed by atoms with Crippen LogP contribution in [-0.2, 0) is 12.7 Å². The molecule has 0 unspecified atom stereocenters. The molecule has 4 nitrogen and oxygen atoms in total. The van der Waals surface area contributed by atoms with Gasteiger partial charge in [0.2, 0.25) is 5.95 Å².